The molecule has 0 saturated heterocycles. The number of benzene rings is 2. The molecule has 2 heterocycles. The molecule has 0 radical (unpaired) electrons. The van der Waals surface area contributed by atoms with E-state index in [1.54, 1.807) is 41.6 Å². The van der Waals surface area contributed by atoms with Crippen LogP contribution in [0.5, 0.6) is 5.75 Å². The van der Waals surface area contributed by atoms with Crippen molar-refractivity contribution in [2.45, 2.75) is 13.5 Å². The van der Waals surface area contributed by atoms with Gasteiger partial charge in [0.2, 0.25) is 0 Å². The number of hydrogen-bond acceptors (Lipinski definition) is 5. The van der Waals surface area contributed by atoms with Gasteiger partial charge < -0.3 is 4.74 Å². The number of thiazole rings is 1. The summed E-state index contributed by atoms with van der Waals surface area (Å²) in [5.41, 5.74) is 2.91. The third-order valence-electron chi connectivity index (χ3n) is 4.38. The van der Waals surface area contributed by atoms with Gasteiger partial charge in [0.1, 0.15) is 5.75 Å². The van der Waals surface area contributed by atoms with E-state index in [9.17, 15) is 4.79 Å². The zero-order valence-corrected chi connectivity index (χ0v) is 17.3. The molecule has 29 heavy (non-hydrogen) atoms. The van der Waals surface area contributed by atoms with Gasteiger partial charge in [0.25, 0.3) is 5.91 Å². The Balaban J connectivity index is 1.60. The van der Waals surface area contributed by atoms with Gasteiger partial charge in [-0.15, -0.1) is 0 Å². The number of rotatable bonds is 6. The molecule has 4 aromatic rings. The second-order valence-corrected chi connectivity index (χ2v) is 7.95. The van der Waals surface area contributed by atoms with E-state index in [2.05, 4.69) is 4.98 Å². The largest absolute Gasteiger partial charge is 0.484 e. The first-order chi connectivity index (χ1) is 14.1. The third-order valence-corrected chi connectivity index (χ3v) is 5.68. The predicted molar refractivity (Wildman–Crippen MR) is 117 cm³/mol. The number of hydrogen-bond donors (Lipinski definition) is 0. The summed E-state index contributed by atoms with van der Waals surface area (Å²) in [5, 5.41) is 1.26. The van der Waals surface area contributed by atoms with Crippen LogP contribution in [0.3, 0.4) is 0 Å². The van der Waals surface area contributed by atoms with Crippen molar-refractivity contribution in [2.75, 3.05) is 11.5 Å². The molecule has 2 aromatic heterocycles. The molecule has 0 unspecified atom stereocenters. The molecule has 0 fully saturated rings. The van der Waals surface area contributed by atoms with Gasteiger partial charge in [0, 0.05) is 17.4 Å². The number of para-hydroxylation sites is 1. The van der Waals surface area contributed by atoms with Crippen molar-refractivity contribution in [1.29, 1.82) is 0 Å². The van der Waals surface area contributed by atoms with Crippen molar-refractivity contribution in [2.24, 2.45) is 0 Å². The fourth-order valence-corrected chi connectivity index (χ4v) is 4.07. The van der Waals surface area contributed by atoms with Gasteiger partial charge in [0.05, 0.1) is 16.8 Å². The van der Waals surface area contributed by atoms with Crippen LogP contribution in [0.2, 0.25) is 5.02 Å². The highest BCUT2D eigenvalue weighted by Gasteiger charge is 2.21. The highest BCUT2D eigenvalue weighted by atomic mass is 35.5. The first kappa shape index (κ1) is 19.4. The number of carbonyl (C=O) groups is 1. The molecule has 0 aliphatic heterocycles. The number of carbonyl (C=O) groups excluding carboxylic acids is 1. The van der Waals surface area contributed by atoms with Gasteiger partial charge in [-0.05, 0) is 54.4 Å². The third kappa shape index (κ3) is 4.55. The Morgan fingerprint density at radius 1 is 1.14 bits per heavy atom. The second kappa shape index (κ2) is 8.59. The standard InChI is InChI=1S/C22H18ClN3O2S/c1-15-4-2-6-19-21(15)25-22(29-19)26(13-16-5-3-11-24-12-16)20(27)14-28-18-9-7-17(23)8-10-18/h2-12H,13-14H2,1H3. The van der Waals surface area contributed by atoms with Crippen molar-refractivity contribution >= 4 is 44.2 Å². The zero-order valence-electron chi connectivity index (χ0n) is 15.7. The van der Waals surface area contributed by atoms with Crippen molar-refractivity contribution in [3.8, 4) is 5.75 Å². The van der Waals surface area contributed by atoms with E-state index in [1.165, 1.54) is 11.3 Å². The number of aromatic nitrogens is 2. The summed E-state index contributed by atoms with van der Waals surface area (Å²) in [6.45, 7) is 2.29. The molecular formula is C22H18ClN3O2S. The van der Waals surface area contributed by atoms with Gasteiger partial charge >= 0.3 is 0 Å². The molecule has 0 bridgehead atoms. The van der Waals surface area contributed by atoms with Crippen LogP contribution in [0.25, 0.3) is 10.2 Å². The van der Waals surface area contributed by atoms with Gasteiger partial charge in [0.15, 0.2) is 11.7 Å². The fraction of sp³-hybridized carbons (Fsp3) is 0.136. The van der Waals surface area contributed by atoms with Crippen LogP contribution in [-0.2, 0) is 11.3 Å². The summed E-state index contributed by atoms with van der Waals surface area (Å²) in [5.74, 6) is 0.407. The first-order valence-electron chi connectivity index (χ1n) is 9.04. The molecular weight excluding hydrogens is 406 g/mol. The minimum Gasteiger partial charge on any atom is -0.484 e. The van der Waals surface area contributed by atoms with Gasteiger partial charge in [-0.2, -0.15) is 0 Å². The zero-order chi connectivity index (χ0) is 20.2. The van der Waals surface area contributed by atoms with Crippen LogP contribution in [-0.4, -0.2) is 22.5 Å². The number of anilines is 1. The number of pyridine rings is 1. The lowest BCUT2D eigenvalue weighted by molar-refractivity contribution is -0.120. The maximum atomic E-state index is 13.1. The van der Waals surface area contributed by atoms with Crippen LogP contribution in [0, 0.1) is 6.92 Å². The fourth-order valence-electron chi connectivity index (χ4n) is 2.88. The molecule has 7 heteroatoms. The summed E-state index contributed by atoms with van der Waals surface area (Å²) in [4.78, 5) is 23.6. The molecule has 0 aliphatic carbocycles. The van der Waals surface area contributed by atoms with Crippen LogP contribution in [0.4, 0.5) is 5.13 Å². The molecule has 0 saturated carbocycles. The summed E-state index contributed by atoms with van der Waals surface area (Å²) in [6, 6.07) is 16.7. The summed E-state index contributed by atoms with van der Waals surface area (Å²) in [6.07, 6.45) is 3.46. The molecule has 146 valence electrons. The molecule has 0 aliphatic rings. The van der Waals surface area contributed by atoms with Crippen LogP contribution >= 0.6 is 22.9 Å². The number of ether oxygens (including phenoxy) is 1. The second-order valence-electron chi connectivity index (χ2n) is 6.50. The lowest BCUT2D eigenvalue weighted by atomic mass is 10.2. The molecule has 1 amide bonds. The average molecular weight is 424 g/mol. The van der Waals surface area contributed by atoms with Crippen molar-refractivity contribution in [3.63, 3.8) is 0 Å². The Labute approximate surface area is 177 Å². The average Bonchev–Trinajstić information content (AvgIpc) is 3.17. The van der Waals surface area contributed by atoms with E-state index < -0.39 is 0 Å². The lowest BCUT2D eigenvalue weighted by Crippen LogP contribution is -2.34. The van der Waals surface area contributed by atoms with E-state index in [0.29, 0.717) is 22.4 Å². The van der Waals surface area contributed by atoms with E-state index in [0.717, 1.165) is 21.3 Å². The minimum absolute atomic E-state index is 0.100. The molecule has 0 N–H and O–H groups in total. The van der Waals surface area contributed by atoms with E-state index in [1.807, 2.05) is 37.3 Å². The topological polar surface area (TPSA) is 55.3 Å². The van der Waals surface area contributed by atoms with Crippen LogP contribution < -0.4 is 9.64 Å². The Hall–Kier alpha value is -2.96. The first-order valence-corrected chi connectivity index (χ1v) is 10.2. The molecule has 2 aromatic carbocycles. The SMILES string of the molecule is Cc1cccc2sc(N(Cc3cccnc3)C(=O)COc3ccc(Cl)cc3)nc12. The smallest absolute Gasteiger partial charge is 0.267 e. The Morgan fingerprint density at radius 3 is 2.69 bits per heavy atom. The summed E-state index contributed by atoms with van der Waals surface area (Å²) in [7, 11) is 0. The molecule has 5 nitrogen and oxygen atoms in total. The monoisotopic (exact) mass is 423 g/mol. The Kier molecular flexibility index (Phi) is 5.74. The van der Waals surface area contributed by atoms with Crippen LogP contribution in [0.1, 0.15) is 11.1 Å². The maximum Gasteiger partial charge on any atom is 0.267 e. The van der Waals surface area contributed by atoms with E-state index in [-0.39, 0.29) is 12.5 Å². The highest BCUT2D eigenvalue weighted by Crippen LogP contribution is 2.31. The van der Waals surface area contributed by atoms with Gasteiger partial charge in [-0.25, -0.2) is 4.98 Å². The van der Waals surface area contributed by atoms with E-state index >= 15 is 0 Å². The molecule has 0 atom stereocenters. The normalized spacial score (nSPS) is 10.8. The number of amides is 1. The molecule has 4 rings (SSSR count). The van der Waals surface area contributed by atoms with Crippen molar-refractivity contribution < 1.29 is 9.53 Å². The van der Waals surface area contributed by atoms with Gasteiger partial charge in [-0.1, -0.05) is 41.1 Å². The van der Waals surface area contributed by atoms with E-state index in [4.69, 9.17) is 21.3 Å². The number of fused-ring (bicyclic) bond motifs is 1. The number of halogens is 1. The summed E-state index contributed by atoms with van der Waals surface area (Å²) < 4.78 is 6.72. The Morgan fingerprint density at radius 2 is 1.97 bits per heavy atom. The highest BCUT2D eigenvalue weighted by molar-refractivity contribution is 7.22. The van der Waals surface area contributed by atoms with Crippen LogP contribution in [0.15, 0.2) is 67.0 Å². The predicted octanol–water partition coefficient (Wildman–Crippen LogP) is 5.27. The number of aryl methyl sites for hydroxylation is 1. The quantitative estimate of drug-likeness (QED) is 0.424. The molecule has 0 spiro atoms. The van der Waals surface area contributed by atoms with Gasteiger partial charge in [-0.3, -0.25) is 14.7 Å². The summed E-state index contributed by atoms with van der Waals surface area (Å²) >= 11 is 7.39. The maximum absolute atomic E-state index is 13.1. The van der Waals surface area contributed by atoms with Crippen molar-refractivity contribution in [3.05, 3.63) is 83.1 Å². The number of nitrogens with zero attached hydrogens (tertiary/aromatic N) is 3. The van der Waals surface area contributed by atoms with Crippen molar-refractivity contribution in [1.82, 2.24) is 9.97 Å². The Bertz CT molecular complexity index is 1130. The lowest BCUT2D eigenvalue weighted by Gasteiger charge is -2.20. The minimum atomic E-state index is -0.180.